The van der Waals surface area contributed by atoms with Gasteiger partial charge in [0.05, 0.1) is 12.6 Å². The summed E-state index contributed by atoms with van der Waals surface area (Å²) in [5.41, 5.74) is 0. The molecule has 1 heterocycles. The Hall–Kier alpha value is -0.650. The molecule has 0 aliphatic carbocycles. The Bertz CT molecular complexity index is 314. The third kappa shape index (κ3) is 3.77. The van der Waals surface area contributed by atoms with Crippen LogP contribution in [0.15, 0.2) is 0 Å². The van der Waals surface area contributed by atoms with E-state index in [2.05, 4.69) is 20.3 Å². The average molecular weight is 251 g/mol. The van der Waals surface area contributed by atoms with Crippen molar-refractivity contribution in [3.63, 3.8) is 0 Å². The zero-order valence-corrected chi connectivity index (χ0v) is 9.92. The van der Waals surface area contributed by atoms with Crippen LogP contribution in [0.1, 0.15) is 13.8 Å². The molecular weight excluding hydrogens is 239 g/mol. The number of aromatic nitrogens is 3. The van der Waals surface area contributed by atoms with E-state index in [9.17, 15) is 0 Å². The smallest absolute Gasteiger partial charge is 0.228 e. The quantitative estimate of drug-likeness (QED) is 0.850. The number of aliphatic hydroxyl groups is 1. The first-order valence-corrected chi connectivity index (χ1v) is 5.23. The first kappa shape index (κ1) is 12.4. The largest absolute Gasteiger partial charge is 0.394 e. The lowest BCUT2D eigenvalue weighted by Gasteiger charge is -2.19. The molecule has 5 nitrogen and oxygen atoms in total. The number of anilines is 1. The van der Waals surface area contributed by atoms with Crippen LogP contribution >= 0.6 is 23.2 Å². The Labute approximate surface area is 97.9 Å². The highest BCUT2D eigenvalue weighted by Gasteiger charge is 2.14. The molecule has 1 atom stereocenters. The van der Waals surface area contributed by atoms with Crippen molar-refractivity contribution in [3.8, 4) is 0 Å². The number of rotatable bonds is 4. The standard InChI is InChI=1S/C8H12Cl2N4O/c1-4(2)5(3-15)11-8-13-6(9)12-7(10)14-8/h4-5,15H,3H2,1-2H3,(H,11,12,13,14)/t5-/m1/s1. The molecule has 84 valence electrons. The third-order valence-electron chi connectivity index (χ3n) is 1.90. The number of hydrogen-bond acceptors (Lipinski definition) is 5. The van der Waals surface area contributed by atoms with Crippen molar-refractivity contribution in [2.45, 2.75) is 19.9 Å². The highest BCUT2D eigenvalue weighted by molar-refractivity contribution is 6.31. The van der Waals surface area contributed by atoms with Crippen molar-refractivity contribution < 1.29 is 5.11 Å². The molecule has 0 aromatic carbocycles. The molecule has 0 radical (unpaired) electrons. The molecule has 1 rings (SSSR count). The zero-order valence-electron chi connectivity index (χ0n) is 8.41. The second-order valence-corrected chi connectivity index (χ2v) is 4.05. The minimum absolute atomic E-state index is 0.0153. The summed E-state index contributed by atoms with van der Waals surface area (Å²) >= 11 is 11.2. The Morgan fingerprint density at radius 3 is 2.13 bits per heavy atom. The van der Waals surface area contributed by atoms with Crippen molar-refractivity contribution in [3.05, 3.63) is 10.6 Å². The summed E-state index contributed by atoms with van der Waals surface area (Å²) in [5.74, 6) is 0.511. The van der Waals surface area contributed by atoms with Crippen LogP contribution < -0.4 is 5.32 Å². The van der Waals surface area contributed by atoms with Crippen LogP contribution in [0.5, 0.6) is 0 Å². The van der Waals surface area contributed by atoms with Crippen LogP contribution in [0.4, 0.5) is 5.95 Å². The molecule has 0 saturated carbocycles. The van der Waals surface area contributed by atoms with Gasteiger partial charge in [-0.1, -0.05) is 13.8 Å². The van der Waals surface area contributed by atoms with Crippen LogP contribution in [0, 0.1) is 5.92 Å². The fraction of sp³-hybridized carbons (Fsp3) is 0.625. The second kappa shape index (κ2) is 5.44. The molecule has 0 aliphatic rings. The van der Waals surface area contributed by atoms with Crippen LogP contribution in [0.25, 0.3) is 0 Å². The van der Waals surface area contributed by atoms with Crippen LogP contribution in [-0.2, 0) is 0 Å². The lowest BCUT2D eigenvalue weighted by Crippen LogP contribution is -2.30. The van der Waals surface area contributed by atoms with Gasteiger partial charge in [-0.15, -0.1) is 0 Å². The molecule has 0 spiro atoms. The highest BCUT2D eigenvalue weighted by Crippen LogP contribution is 2.12. The predicted octanol–water partition coefficient (Wildman–Crippen LogP) is 1.61. The molecule has 0 aliphatic heterocycles. The summed E-state index contributed by atoms with van der Waals surface area (Å²) in [4.78, 5) is 11.3. The van der Waals surface area contributed by atoms with Crippen molar-refractivity contribution in [1.82, 2.24) is 15.0 Å². The van der Waals surface area contributed by atoms with E-state index >= 15 is 0 Å². The van der Waals surface area contributed by atoms with Gasteiger partial charge in [-0.3, -0.25) is 0 Å². The molecule has 1 aromatic rings. The monoisotopic (exact) mass is 250 g/mol. The molecule has 0 fully saturated rings. The first-order valence-electron chi connectivity index (χ1n) is 4.47. The lowest BCUT2D eigenvalue weighted by molar-refractivity contribution is 0.248. The van der Waals surface area contributed by atoms with Crippen molar-refractivity contribution in [2.24, 2.45) is 5.92 Å². The highest BCUT2D eigenvalue weighted by atomic mass is 35.5. The summed E-state index contributed by atoms with van der Waals surface area (Å²) in [7, 11) is 0. The van der Waals surface area contributed by atoms with Gasteiger partial charge in [-0.25, -0.2) is 0 Å². The van der Waals surface area contributed by atoms with E-state index in [1.54, 1.807) is 0 Å². The van der Waals surface area contributed by atoms with E-state index in [0.717, 1.165) is 0 Å². The molecule has 7 heteroatoms. The first-order chi connectivity index (χ1) is 7.02. The molecule has 0 saturated heterocycles. The van der Waals surface area contributed by atoms with E-state index in [-0.39, 0.29) is 35.1 Å². The number of halogens is 2. The summed E-state index contributed by atoms with van der Waals surface area (Å²) in [6.07, 6.45) is 0. The van der Waals surface area contributed by atoms with Crippen LogP contribution in [0.3, 0.4) is 0 Å². The molecule has 15 heavy (non-hydrogen) atoms. The van der Waals surface area contributed by atoms with E-state index < -0.39 is 0 Å². The Morgan fingerprint density at radius 2 is 1.73 bits per heavy atom. The van der Waals surface area contributed by atoms with Crippen LogP contribution in [-0.4, -0.2) is 32.7 Å². The van der Waals surface area contributed by atoms with Gasteiger partial charge >= 0.3 is 0 Å². The summed E-state index contributed by atoms with van der Waals surface area (Å²) < 4.78 is 0. The summed E-state index contributed by atoms with van der Waals surface area (Å²) in [6.45, 7) is 3.93. The second-order valence-electron chi connectivity index (χ2n) is 3.37. The van der Waals surface area contributed by atoms with Gasteiger partial charge in [0.25, 0.3) is 0 Å². The minimum atomic E-state index is -0.139. The van der Waals surface area contributed by atoms with E-state index in [1.807, 2.05) is 13.8 Å². The van der Waals surface area contributed by atoms with Gasteiger partial charge in [0.15, 0.2) is 0 Å². The van der Waals surface area contributed by atoms with Gasteiger partial charge in [0, 0.05) is 0 Å². The maximum atomic E-state index is 9.10. The van der Waals surface area contributed by atoms with E-state index in [4.69, 9.17) is 28.3 Å². The van der Waals surface area contributed by atoms with E-state index in [1.165, 1.54) is 0 Å². The molecule has 0 unspecified atom stereocenters. The van der Waals surface area contributed by atoms with Gasteiger partial charge in [0.2, 0.25) is 16.5 Å². The predicted molar refractivity (Wildman–Crippen MR) is 59.2 cm³/mol. The normalized spacial score (nSPS) is 12.9. The number of nitrogens with one attached hydrogen (secondary N) is 1. The van der Waals surface area contributed by atoms with Gasteiger partial charge < -0.3 is 10.4 Å². The molecule has 0 bridgehead atoms. The number of nitrogens with zero attached hydrogens (tertiary/aromatic N) is 3. The summed E-state index contributed by atoms with van der Waals surface area (Å²) in [6, 6.07) is -0.139. The fourth-order valence-electron chi connectivity index (χ4n) is 0.979. The fourth-order valence-corrected chi connectivity index (χ4v) is 1.34. The Balaban J connectivity index is 2.79. The minimum Gasteiger partial charge on any atom is -0.394 e. The van der Waals surface area contributed by atoms with Crippen molar-refractivity contribution in [2.75, 3.05) is 11.9 Å². The van der Waals surface area contributed by atoms with Crippen molar-refractivity contribution >= 4 is 29.2 Å². The van der Waals surface area contributed by atoms with Crippen molar-refractivity contribution in [1.29, 1.82) is 0 Å². The topological polar surface area (TPSA) is 70.9 Å². The number of aliphatic hydroxyl groups excluding tert-OH is 1. The Morgan fingerprint density at radius 1 is 1.20 bits per heavy atom. The maximum Gasteiger partial charge on any atom is 0.228 e. The van der Waals surface area contributed by atoms with Gasteiger partial charge in [-0.05, 0) is 29.1 Å². The van der Waals surface area contributed by atoms with Gasteiger partial charge in [-0.2, -0.15) is 15.0 Å². The average Bonchev–Trinajstić information content (AvgIpc) is 2.12. The zero-order chi connectivity index (χ0) is 11.4. The molecule has 0 amide bonds. The van der Waals surface area contributed by atoms with Crippen LogP contribution in [0.2, 0.25) is 10.6 Å². The molecular formula is C8H12Cl2N4O. The SMILES string of the molecule is CC(C)[C@@H](CO)Nc1nc(Cl)nc(Cl)n1. The Kier molecular flexibility index (Phi) is 4.50. The number of hydrogen-bond donors (Lipinski definition) is 2. The van der Waals surface area contributed by atoms with E-state index in [0.29, 0.717) is 0 Å². The third-order valence-corrected chi connectivity index (χ3v) is 2.23. The lowest BCUT2D eigenvalue weighted by atomic mass is 10.1. The molecule has 1 aromatic heterocycles. The molecule has 2 N–H and O–H groups in total. The van der Waals surface area contributed by atoms with Gasteiger partial charge in [0.1, 0.15) is 0 Å². The summed E-state index contributed by atoms with van der Waals surface area (Å²) in [5, 5.41) is 12.1. The maximum absolute atomic E-state index is 9.10.